The summed E-state index contributed by atoms with van der Waals surface area (Å²) in [4.78, 5) is 4.70. The molecule has 29 heavy (non-hydrogen) atoms. The molecule has 0 saturated carbocycles. The molecule has 2 heterocycles. The van der Waals surface area contributed by atoms with Crippen LogP contribution in [0.1, 0.15) is 49.8 Å². The Balaban J connectivity index is 0.00000300. The SMILES string of the molecule is CCNC(=NCc1nnc2n1CCCCC2)NCCCc1ccc(Cl)cc1Cl.I. The summed E-state index contributed by atoms with van der Waals surface area (Å²) in [6, 6.07) is 5.66. The van der Waals surface area contributed by atoms with Crippen LogP contribution in [0, 0.1) is 0 Å². The monoisotopic (exact) mass is 550 g/mol. The Morgan fingerprint density at radius 1 is 1.17 bits per heavy atom. The van der Waals surface area contributed by atoms with Gasteiger partial charge in [-0.15, -0.1) is 34.2 Å². The van der Waals surface area contributed by atoms with Gasteiger partial charge in [0.1, 0.15) is 12.4 Å². The van der Waals surface area contributed by atoms with Gasteiger partial charge in [-0.1, -0.05) is 35.7 Å². The first-order valence-electron chi connectivity index (χ1n) is 10.0. The molecule has 2 aromatic rings. The first-order chi connectivity index (χ1) is 13.7. The largest absolute Gasteiger partial charge is 0.357 e. The normalized spacial score (nSPS) is 14.0. The van der Waals surface area contributed by atoms with Crippen LogP contribution in [0.3, 0.4) is 0 Å². The average Bonchev–Trinajstić information content (AvgIpc) is 2.90. The lowest BCUT2D eigenvalue weighted by Gasteiger charge is -2.12. The number of fused-ring (bicyclic) bond motifs is 1. The van der Waals surface area contributed by atoms with Crippen LogP contribution in [0.2, 0.25) is 10.0 Å². The fraction of sp³-hybridized carbons (Fsp3) is 0.550. The Kier molecular flexibility index (Phi) is 10.5. The number of guanidine groups is 1. The van der Waals surface area contributed by atoms with Crippen molar-refractivity contribution in [1.82, 2.24) is 25.4 Å². The average molecular weight is 551 g/mol. The van der Waals surface area contributed by atoms with Gasteiger partial charge in [0.25, 0.3) is 0 Å². The molecule has 1 aromatic carbocycles. The van der Waals surface area contributed by atoms with Crippen LogP contribution in [-0.4, -0.2) is 33.8 Å². The van der Waals surface area contributed by atoms with Gasteiger partial charge in [0.05, 0.1) is 0 Å². The van der Waals surface area contributed by atoms with Crippen molar-refractivity contribution in [2.45, 2.75) is 58.5 Å². The Morgan fingerprint density at radius 3 is 2.83 bits per heavy atom. The first-order valence-corrected chi connectivity index (χ1v) is 10.8. The van der Waals surface area contributed by atoms with E-state index in [1.165, 1.54) is 19.3 Å². The molecule has 0 amide bonds. The van der Waals surface area contributed by atoms with Gasteiger partial charge in [-0.25, -0.2) is 4.99 Å². The summed E-state index contributed by atoms with van der Waals surface area (Å²) >= 11 is 12.2. The van der Waals surface area contributed by atoms with Crippen LogP contribution in [-0.2, 0) is 25.9 Å². The summed E-state index contributed by atoms with van der Waals surface area (Å²) in [5, 5.41) is 16.8. The van der Waals surface area contributed by atoms with Gasteiger partial charge in [-0.2, -0.15) is 0 Å². The number of rotatable bonds is 7. The minimum absolute atomic E-state index is 0. The lowest BCUT2D eigenvalue weighted by atomic mass is 10.1. The minimum Gasteiger partial charge on any atom is -0.357 e. The third kappa shape index (κ3) is 7.29. The predicted molar refractivity (Wildman–Crippen MR) is 131 cm³/mol. The molecule has 0 saturated heterocycles. The molecular formula is C20H29Cl2IN6. The van der Waals surface area contributed by atoms with Crippen LogP contribution >= 0.6 is 47.2 Å². The molecule has 0 unspecified atom stereocenters. The van der Waals surface area contributed by atoms with Gasteiger partial charge in [0.15, 0.2) is 11.8 Å². The molecule has 3 rings (SSSR count). The summed E-state index contributed by atoms with van der Waals surface area (Å²) < 4.78 is 2.24. The maximum atomic E-state index is 6.24. The molecule has 0 radical (unpaired) electrons. The van der Waals surface area contributed by atoms with Gasteiger partial charge < -0.3 is 15.2 Å². The zero-order chi connectivity index (χ0) is 19.8. The summed E-state index contributed by atoms with van der Waals surface area (Å²) in [5.41, 5.74) is 1.11. The Bertz CT molecular complexity index is 808. The van der Waals surface area contributed by atoms with Crippen molar-refractivity contribution in [1.29, 1.82) is 0 Å². The molecule has 9 heteroatoms. The highest BCUT2D eigenvalue weighted by molar-refractivity contribution is 14.0. The highest BCUT2D eigenvalue weighted by atomic mass is 127. The molecule has 160 valence electrons. The van der Waals surface area contributed by atoms with E-state index >= 15 is 0 Å². The van der Waals surface area contributed by atoms with Crippen molar-refractivity contribution < 1.29 is 0 Å². The van der Waals surface area contributed by atoms with E-state index in [9.17, 15) is 0 Å². The summed E-state index contributed by atoms with van der Waals surface area (Å²) in [5.74, 6) is 2.85. The molecule has 0 bridgehead atoms. The molecule has 0 spiro atoms. The number of aliphatic imine (C=N–C) groups is 1. The van der Waals surface area contributed by atoms with Gasteiger partial charge in [-0.05, 0) is 50.3 Å². The number of hydrogen-bond acceptors (Lipinski definition) is 3. The lowest BCUT2D eigenvalue weighted by Crippen LogP contribution is -2.38. The van der Waals surface area contributed by atoms with Crippen LogP contribution < -0.4 is 10.6 Å². The molecule has 1 aliphatic heterocycles. The van der Waals surface area contributed by atoms with E-state index in [2.05, 4.69) is 32.3 Å². The molecule has 1 aliphatic rings. The number of benzene rings is 1. The Hall–Kier alpha value is -1.06. The predicted octanol–water partition coefficient (Wildman–Crippen LogP) is 4.62. The van der Waals surface area contributed by atoms with E-state index in [1.807, 2.05) is 12.1 Å². The fourth-order valence-corrected chi connectivity index (χ4v) is 3.87. The molecule has 0 atom stereocenters. The molecule has 6 nitrogen and oxygen atoms in total. The fourth-order valence-electron chi connectivity index (χ4n) is 3.36. The Labute approximate surface area is 199 Å². The van der Waals surface area contributed by atoms with Crippen LogP contribution in [0.4, 0.5) is 0 Å². The topological polar surface area (TPSA) is 67.1 Å². The third-order valence-electron chi connectivity index (χ3n) is 4.84. The summed E-state index contributed by atoms with van der Waals surface area (Å²) in [6.45, 7) is 5.22. The number of nitrogens with one attached hydrogen (secondary N) is 2. The number of aromatic nitrogens is 3. The second-order valence-corrected chi connectivity index (χ2v) is 7.80. The molecular weight excluding hydrogens is 522 g/mol. The van der Waals surface area contributed by atoms with E-state index < -0.39 is 0 Å². The van der Waals surface area contributed by atoms with Crippen molar-refractivity contribution in [2.75, 3.05) is 13.1 Å². The van der Waals surface area contributed by atoms with E-state index in [0.29, 0.717) is 11.6 Å². The minimum atomic E-state index is 0. The Morgan fingerprint density at radius 2 is 2.03 bits per heavy atom. The highest BCUT2D eigenvalue weighted by Gasteiger charge is 2.14. The quantitative estimate of drug-likeness (QED) is 0.228. The number of hydrogen-bond donors (Lipinski definition) is 2. The van der Waals surface area contributed by atoms with Crippen LogP contribution in [0.5, 0.6) is 0 Å². The van der Waals surface area contributed by atoms with Crippen LogP contribution in [0.15, 0.2) is 23.2 Å². The van der Waals surface area contributed by atoms with E-state index in [0.717, 1.165) is 67.1 Å². The summed E-state index contributed by atoms with van der Waals surface area (Å²) in [6.07, 6.45) is 6.50. The van der Waals surface area contributed by atoms with E-state index in [4.69, 9.17) is 28.2 Å². The van der Waals surface area contributed by atoms with Crippen LogP contribution in [0.25, 0.3) is 0 Å². The van der Waals surface area contributed by atoms with Crippen molar-refractivity contribution in [3.8, 4) is 0 Å². The standard InChI is InChI=1S/C20H28Cl2N6.HI/c1-2-23-20(24-11-6-7-15-9-10-16(21)13-17(15)22)25-14-19-27-26-18-8-4-3-5-12-28(18)19;/h9-10,13H,2-8,11-12,14H2,1H3,(H2,23,24,25);1H. The first kappa shape index (κ1) is 24.2. The van der Waals surface area contributed by atoms with Gasteiger partial charge >= 0.3 is 0 Å². The van der Waals surface area contributed by atoms with Gasteiger partial charge in [-0.3, -0.25) is 0 Å². The highest BCUT2D eigenvalue weighted by Crippen LogP contribution is 2.21. The van der Waals surface area contributed by atoms with Crippen molar-refractivity contribution in [2.24, 2.45) is 4.99 Å². The van der Waals surface area contributed by atoms with E-state index in [-0.39, 0.29) is 24.0 Å². The molecule has 1 aromatic heterocycles. The summed E-state index contributed by atoms with van der Waals surface area (Å²) in [7, 11) is 0. The van der Waals surface area contributed by atoms with Crippen molar-refractivity contribution >= 4 is 53.1 Å². The van der Waals surface area contributed by atoms with E-state index in [1.54, 1.807) is 6.07 Å². The molecule has 0 aliphatic carbocycles. The second-order valence-electron chi connectivity index (χ2n) is 6.96. The number of aryl methyl sites for hydroxylation is 2. The maximum Gasteiger partial charge on any atom is 0.191 e. The number of halogens is 3. The smallest absolute Gasteiger partial charge is 0.191 e. The zero-order valence-electron chi connectivity index (χ0n) is 16.8. The lowest BCUT2D eigenvalue weighted by molar-refractivity contribution is 0.605. The maximum absolute atomic E-state index is 6.24. The third-order valence-corrected chi connectivity index (χ3v) is 5.43. The zero-order valence-corrected chi connectivity index (χ0v) is 20.6. The van der Waals surface area contributed by atoms with Gasteiger partial charge in [0.2, 0.25) is 0 Å². The van der Waals surface area contributed by atoms with Crippen molar-refractivity contribution in [3.63, 3.8) is 0 Å². The molecule has 0 fully saturated rings. The second kappa shape index (κ2) is 12.6. The number of nitrogens with zero attached hydrogens (tertiary/aromatic N) is 4. The van der Waals surface area contributed by atoms with Crippen molar-refractivity contribution in [3.05, 3.63) is 45.5 Å². The van der Waals surface area contributed by atoms with Gasteiger partial charge in [0, 0.05) is 36.1 Å². The molecule has 2 N–H and O–H groups in total.